The summed E-state index contributed by atoms with van der Waals surface area (Å²) in [6.45, 7) is 4.01. The van der Waals surface area contributed by atoms with Crippen LogP contribution < -0.4 is 10.1 Å². The van der Waals surface area contributed by atoms with E-state index in [4.69, 9.17) is 4.74 Å². The highest BCUT2D eigenvalue weighted by molar-refractivity contribution is 5.81. The third-order valence-electron chi connectivity index (χ3n) is 4.26. The van der Waals surface area contributed by atoms with Gasteiger partial charge in [-0.15, -0.1) is 0 Å². The van der Waals surface area contributed by atoms with E-state index in [1.807, 2.05) is 13.8 Å². The standard InChI is InChI=1S/C18H26N2O4/c1-13(2)12-17(18(21)19-14-8-4-3-5-9-14)24-16-11-7-6-10-15(16)20(22)23/h6-7,10-11,13-14,17H,3-5,8-9,12H2,1-2H3,(H,19,21). The van der Waals surface area contributed by atoms with Crippen LogP contribution in [-0.4, -0.2) is 23.0 Å². The van der Waals surface area contributed by atoms with Crippen LogP contribution in [0.25, 0.3) is 0 Å². The highest BCUT2D eigenvalue weighted by Gasteiger charge is 2.27. The van der Waals surface area contributed by atoms with Gasteiger partial charge in [-0.05, 0) is 31.2 Å². The molecule has 1 unspecified atom stereocenters. The van der Waals surface area contributed by atoms with Gasteiger partial charge >= 0.3 is 5.69 Å². The summed E-state index contributed by atoms with van der Waals surface area (Å²) in [6.07, 6.45) is 5.26. The Hall–Kier alpha value is -2.11. The van der Waals surface area contributed by atoms with Crippen molar-refractivity contribution in [3.8, 4) is 5.75 Å². The lowest BCUT2D eigenvalue weighted by atomic mass is 9.95. The number of nitrogens with one attached hydrogen (secondary N) is 1. The van der Waals surface area contributed by atoms with Crippen LogP contribution >= 0.6 is 0 Å². The number of nitrogens with zero attached hydrogens (tertiary/aromatic N) is 1. The molecule has 6 heteroatoms. The number of hydrogen-bond donors (Lipinski definition) is 1. The second-order valence-electron chi connectivity index (χ2n) is 6.80. The SMILES string of the molecule is CC(C)CC(Oc1ccccc1[N+](=O)[O-])C(=O)NC1CCCCC1. The van der Waals surface area contributed by atoms with Crippen LogP contribution in [0.2, 0.25) is 0 Å². The van der Waals surface area contributed by atoms with Gasteiger partial charge in [0, 0.05) is 12.1 Å². The minimum Gasteiger partial charge on any atom is -0.473 e. The van der Waals surface area contributed by atoms with Crippen molar-refractivity contribution >= 4 is 11.6 Å². The van der Waals surface area contributed by atoms with Crippen molar-refractivity contribution in [1.29, 1.82) is 0 Å². The Balaban J connectivity index is 2.10. The number of nitro benzene ring substituents is 1. The van der Waals surface area contributed by atoms with Crippen molar-refractivity contribution in [3.63, 3.8) is 0 Å². The molecule has 0 saturated heterocycles. The number of nitro groups is 1. The molecule has 0 aliphatic heterocycles. The predicted octanol–water partition coefficient (Wildman–Crippen LogP) is 3.84. The fourth-order valence-electron chi connectivity index (χ4n) is 3.04. The first-order valence-electron chi connectivity index (χ1n) is 8.68. The van der Waals surface area contributed by atoms with Crippen LogP contribution in [0.3, 0.4) is 0 Å². The Morgan fingerprint density at radius 1 is 1.29 bits per heavy atom. The van der Waals surface area contributed by atoms with Gasteiger partial charge in [0.05, 0.1) is 4.92 Å². The number of carbonyl (C=O) groups excluding carboxylic acids is 1. The second-order valence-corrected chi connectivity index (χ2v) is 6.80. The molecule has 0 radical (unpaired) electrons. The molecule has 1 saturated carbocycles. The average molecular weight is 334 g/mol. The van der Waals surface area contributed by atoms with Crippen LogP contribution in [0.15, 0.2) is 24.3 Å². The van der Waals surface area contributed by atoms with Gasteiger partial charge in [0.1, 0.15) is 0 Å². The Morgan fingerprint density at radius 3 is 2.58 bits per heavy atom. The van der Waals surface area contributed by atoms with Crippen molar-refractivity contribution < 1.29 is 14.5 Å². The zero-order valence-electron chi connectivity index (χ0n) is 14.4. The summed E-state index contributed by atoms with van der Waals surface area (Å²) in [6, 6.07) is 6.38. The lowest BCUT2D eigenvalue weighted by Gasteiger charge is -2.26. The fourth-order valence-corrected chi connectivity index (χ4v) is 3.04. The van der Waals surface area contributed by atoms with Crippen LogP contribution in [0.4, 0.5) is 5.69 Å². The second kappa shape index (κ2) is 8.66. The van der Waals surface area contributed by atoms with E-state index < -0.39 is 11.0 Å². The molecule has 1 aromatic carbocycles. The van der Waals surface area contributed by atoms with E-state index in [2.05, 4.69) is 5.32 Å². The maximum absolute atomic E-state index is 12.6. The fraction of sp³-hybridized carbons (Fsp3) is 0.611. The Morgan fingerprint density at radius 2 is 1.96 bits per heavy atom. The minimum absolute atomic E-state index is 0.114. The largest absolute Gasteiger partial charge is 0.473 e. The molecule has 1 N–H and O–H groups in total. The molecular formula is C18H26N2O4. The van der Waals surface area contributed by atoms with Crippen LogP contribution in [0, 0.1) is 16.0 Å². The Kier molecular flexibility index (Phi) is 6.58. The maximum atomic E-state index is 12.6. The van der Waals surface area contributed by atoms with E-state index >= 15 is 0 Å². The normalized spacial score (nSPS) is 16.6. The zero-order valence-corrected chi connectivity index (χ0v) is 14.4. The van der Waals surface area contributed by atoms with Crippen molar-refractivity contribution in [1.82, 2.24) is 5.32 Å². The Labute approximate surface area is 142 Å². The lowest BCUT2D eigenvalue weighted by molar-refractivity contribution is -0.386. The summed E-state index contributed by atoms with van der Waals surface area (Å²) in [4.78, 5) is 23.3. The van der Waals surface area contributed by atoms with E-state index in [0.29, 0.717) is 6.42 Å². The molecular weight excluding hydrogens is 308 g/mol. The van der Waals surface area contributed by atoms with Gasteiger partial charge < -0.3 is 10.1 Å². The highest BCUT2D eigenvalue weighted by Crippen LogP contribution is 2.28. The van der Waals surface area contributed by atoms with Crippen LogP contribution in [0.1, 0.15) is 52.4 Å². The number of hydrogen-bond acceptors (Lipinski definition) is 4. The summed E-state index contributed by atoms with van der Waals surface area (Å²) in [5.74, 6) is 0.218. The molecule has 1 fully saturated rings. The van der Waals surface area contributed by atoms with Crippen molar-refractivity contribution in [2.45, 2.75) is 64.5 Å². The van der Waals surface area contributed by atoms with Crippen molar-refractivity contribution in [3.05, 3.63) is 34.4 Å². The molecule has 1 aliphatic rings. The van der Waals surface area contributed by atoms with E-state index in [1.54, 1.807) is 18.2 Å². The molecule has 0 aromatic heterocycles. The quantitative estimate of drug-likeness (QED) is 0.607. The molecule has 1 amide bonds. The zero-order chi connectivity index (χ0) is 17.5. The van der Waals surface area contributed by atoms with E-state index in [-0.39, 0.29) is 29.3 Å². The van der Waals surface area contributed by atoms with Gasteiger partial charge in [-0.2, -0.15) is 0 Å². The van der Waals surface area contributed by atoms with Crippen molar-refractivity contribution in [2.24, 2.45) is 5.92 Å². The third kappa shape index (κ3) is 5.22. The number of para-hydroxylation sites is 2. The van der Waals surface area contributed by atoms with E-state index in [9.17, 15) is 14.9 Å². The van der Waals surface area contributed by atoms with Gasteiger partial charge in [0.2, 0.25) is 0 Å². The van der Waals surface area contributed by atoms with Gasteiger partial charge in [-0.1, -0.05) is 45.2 Å². The van der Waals surface area contributed by atoms with Crippen LogP contribution in [-0.2, 0) is 4.79 Å². The molecule has 0 heterocycles. The third-order valence-corrected chi connectivity index (χ3v) is 4.26. The summed E-state index contributed by atoms with van der Waals surface area (Å²) in [5.41, 5.74) is -0.114. The number of rotatable bonds is 7. The first-order valence-corrected chi connectivity index (χ1v) is 8.68. The molecule has 1 atom stereocenters. The molecule has 2 rings (SSSR count). The summed E-state index contributed by atoms with van der Waals surface area (Å²) in [7, 11) is 0. The molecule has 1 aliphatic carbocycles. The van der Waals surface area contributed by atoms with Crippen LogP contribution in [0.5, 0.6) is 5.75 Å². The van der Waals surface area contributed by atoms with Gasteiger partial charge in [0.25, 0.3) is 5.91 Å². The molecule has 24 heavy (non-hydrogen) atoms. The van der Waals surface area contributed by atoms with Gasteiger partial charge in [-0.25, -0.2) is 0 Å². The van der Waals surface area contributed by atoms with E-state index in [0.717, 1.165) is 25.7 Å². The van der Waals surface area contributed by atoms with Crippen molar-refractivity contribution in [2.75, 3.05) is 0 Å². The average Bonchev–Trinajstić information content (AvgIpc) is 2.55. The van der Waals surface area contributed by atoms with E-state index in [1.165, 1.54) is 12.5 Å². The molecule has 6 nitrogen and oxygen atoms in total. The maximum Gasteiger partial charge on any atom is 0.310 e. The van der Waals surface area contributed by atoms with Gasteiger partial charge in [0.15, 0.2) is 11.9 Å². The highest BCUT2D eigenvalue weighted by atomic mass is 16.6. The summed E-state index contributed by atoms with van der Waals surface area (Å²) < 4.78 is 5.77. The molecule has 0 spiro atoms. The molecule has 1 aromatic rings. The topological polar surface area (TPSA) is 81.5 Å². The number of amides is 1. The summed E-state index contributed by atoms with van der Waals surface area (Å²) >= 11 is 0. The number of benzene rings is 1. The minimum atomic E-state index is -0.715. The molecule has 0 bridgehead atoms. The molecule has 132 valence electrons. The number of ether oxygens (including phenoxy) is 1. The monoisotopic (exact) mass is 334 g/mol. The Bertz CT molecular complexity index is 568. The lowest BCUT2D eigenvalue weighted by Crippen LogP contribution is -2.45. The first kappa shape index (κ1) is 18.2. The number of carbonyl (C=O) groups is 1. The predicted molar refractivity (Wildman–Crippen MR) is 92.0 cm³/mol. The first-order chi connectivity index (χ1) is 11.5. The summed E-state index contributed by atoms with van der Waals surface area (Å²) in [5, 5.41) is 14.2. The smallest absolute Gasteiger partial charge is 0.310 e. The van der Waals surface area contributed by atoms with Gasteiger partial charge in [-0.3, -0.25) is 14.9 Å².